The molecule has 0 nitrogen and oxygen atoms in total. The van der Waals surface area contributed by atoms with Crippen LogP contribution in [0.1, 0.15) is 0 Å². The Morgan fingerprint density at radius 3 is 1.13 bits per heavy atom. The lowest BCUT2D eigenvalue weighted by molar-refractivity contribution is 1.69. The summed E-state index contributed by atoms with van der Waals surface area (Å²) in [5, 5.41) is 9.93. The molecular formula is C35H27P3. The van der Waals surface area contributed by atoms with Gasteiger partial charge in [0.05, 0.1) is 0 Å². The monoisotopic (exact) mass is 540 g/mol. The molecule has 1 aromatic heterocycles. The second-order valence-electron chi connectivity index (χ2n) is 8.92. The fraction of sp³-hybridized carbons (Fsp3) is 0. The lowest BCUT2D eigenvalue weighted by Crippen LogP contribution is -2.33. The summed E-state index contributed by atoms with van der Waals surface area (Å²) >= 11 is 0. The van der Waals surface area contributed by atoms with Gasteiger partial charge in [0.2, 0.25) is 0 Å². The van der Waals surface area contributed by atoms with E-state index in [0.29, 0.717) is 0 Å². The SMILES string of the molecule is c1ccc(-c2ccc(P(c3ccccc3)c3ccccc3)c(P(c3ccccc3)c3ccccc3)p2)cc1. The number of hydrogen-bond acceptors (Lipinski definition) is 0. The molecule has 0 aliphatic rings. The predicted octanol–water partition coefficient (Wildman–Crippen LogP) is 7.45. The van der Waals surface area contributed by atoms with E-state index in [1.165, 1.54) is 50.6 Å². The summed E-state index contributed by atoms with van der Waals surface area (Å²) in [5.41, 5.74) is 1.29. The summed E-state index contributed by atoms with van der Waals surface area (Å²) in [4.78, 5) is 0. The second-order valence-corrected chi connectivity index (χ2v) is 14.8. The van der Waals surface area contributed by atoms with E-state index in [0.717, 1.165) is 0 Å². The van der Waals surface area contributed by atoms with E-state index in [2.05, 4.69) is 164 Å². The van der Waals surface area contributed by atoms with Gasteiger partial charge >= 0.3 is 0 Å². The third kappa shape index (κ3) is 5.41. The molecule has 0 bridgehead atoms. The highest BCUT2D eigenvalue weighted by Crippen LogP contribution is 2.43. The average molecular weight is 541 g/mol. The molecular weight excluding hydrogens is 513 g/mol. The molecule has 5 aromatic carbocycles. The van der Waals surface area contributed by atoms with Crippen molar-refractivity contribution in [2.75, 3.05) is 0 Å². The van der Waals surface area contributed by atoms with Crippen molar-refractivity contribution in [3.8, 4) is 10.9 Å². The van der Waals surface area contributed by atoms with Gasteiger partial charge in [-0.05, 0) is 54.0 Å². The van der Waals surface area contributed by atoms with Crippen LogP contribution in [0.5, 0.6) is 0 Å². The molecule has 1 heterocycles. The normalized spacial score (nSPS) is 11.3. The van der Waals surface area contributed by atoms with E-state index in [9.17, 15) is 0 Å². The first-order valence-corrected chi connectivity index (χ1v) is 16.3. The molecule has 0 aliphatic carbocycles. The third-order valence-electron chi connectivity index (χ3n) is 6.43. The molecule has 6 rings (SSSR count). The molecule has 0 N–H and O–H groups in total. The molecule has 6 aromatic rings. The van der Waals surface area contributed by atoms with Gasteiger partial charge in [-0.1, -0.05) is 166 Å². The third-order valence-corrected chi connectivity index (χ3v) is 13.6. The predicted molar refractivity (Wildman–Crippen MR) is 172 cm³/mol. The topological polar surface area (TPSA) is 0 Å². The lowest BCUT2D eigenvalue weighted by Gasteiger charge is -2.27. The Bertz CT molecular complexity index is 1510. The van der Waals surface area contributed by atoms with Crippen molar-refractivity contribution in [2.24, 2.45) is 0 Å². The molecule has 0 saturated heterocycles. The van der Waals surface area contributed by atoms with Crippen molar-refractivity contribution in [3.05, 3.63) is 164 Å². The lowest BCUT2D eigenvalue weighted by atomic mass is 10.2. The van der Waals surface area contributed by atoms with Crippen LogP contribution in [-0.4, -0.2) is 0 Å². The van der Waals surface area contributed by atoms with E-state index in [1.807, 2.05) is 0 Å². The first-order chi connectivity index (χ1) is 18.9. The van der Waals surface area contributed by atoms with Crippen LogP contribution in [-0.2, 0) is 0 Å². The molecule has 182 valence electrons. The highest BCUT2D eigenvalue weighted by Gasteiger charge is 2.26. The zero-order chi connectivity index (χ0) is 25.6. The summed E-state index contributed by atoms with van der Waals surface area (Å²) in [6.07, 6.45) is 0. The zero-order valence-electron chi connectivity index (χ0n) is 20.9. The Morgan fingerprint density at radius 1 is 0.342 bits per heavy atom. The van der Waals surface area contributed by atoms with Crippen molar-refractivity contribution in [1.82, 2.24) is 0 Å². The Labute approximate surface area is 229 Å². The molecule has 0 spiro atoms. The van der Waals surface area contributed by atoms with Crippen molar-refractivity contribution < 1.29 is 0 Å². The second kappa shape index (κ2) is 12.0. The van der Waals surface area contributed by atoms with Crippen LogP contribution in [0, 0.1) is 0 Å². The first-order valence-electron chi connectivity index (χ1n) is 12.8. The van der Waals surface area contributed by atoms with E-state index >= 15 is 0 Å². The Morgan fingerprint density at radius 2 is 0.711 bits per heavy atom. The quantitative estimate of drug-likeness (QED) is 0.185. The highest BCUT2D eigenvalue weighted by molar-refractivity contribution is 7.90. The maximum atomic E-state index is 2.43. The summed E-state index contributed by atoms with van der Waals surface area (Å²) < 4.78 is 0. The largest absolute Gasteiger partial charge is 0.0622 e. The molecule has 0 saturated carbocycles. The standard InChI is InChI=1S/C35H27P3/c1-6-16-28(17-7-1)33-26-27-34(37(29-18-8-2-9-19-29)30-20-10-3-11-21-30)35(36-33)38(31-22-12-4-13-23-31)32-24-14-5-15-25-32/h1-27H. The minimum absolute atomic E-state index is 0.721. The van der Waals surface area contributed by atoms with E-state index in [-0.39, 0.29) is 0 Å². The Hall–Kier alpha value is -3.39. The fourth-order valence-electron chi connectivity index (χ4n) is 4.68. The minimum Gasteiger partial charge on any atom is -0.0622 e. The fourth-order valence-corrected chi connectivity index (χ4v) is 12.2. The van der Waals surface area contributed by atoms with Gasteiger partial charge in [0.1, 0.15) is 0 Å². The first kappa shape index (κ1) is 24.9. The summed E-state index contributed by atoms with van der Waals surface area (Å²) in [6, 6.07) is 60.0. The maximum Gasteiger partial charge on any atom is 0.0209 e. The molecule has 0 aliphatic heterocycles. The molecule has 0 atom stereocenters. The van der Waals surface area contributed by atoms with Gasteiger partial charge in [-0.2, -0.15) is 0 Å². The number of rotatable bonds is 7. The van der Waals surface area contributed by atoms with E-state index < -0.39 is 15.8 Å². The van der Waals surface area contributed by atoms with Crippen molar-refractivity contribution >= 4 is 55.6 Å². The van der Waals surface area contributed by atoms with E-state index in [4.69, 9.17) is 0 Å². The van der Waals surface area contributed by atoms with Crippen LogP contribution in [0.3, 0.4) is 0 Å². The maximum absolute atomic E-state index is 2.43. The number of benzene rings is 5. The molecule has 38 heavy (non-hydrogen) atoms. The minimum atomic E-state index is -0.727. The van der Waals surface area contributed by atoms with Crippen LogP contribution in [0.25, 0.3) is 10.9 Å². The molecule has 0 fully saturated rings. The van der Waals surface area contributed by atoms with Crippen LogP contribution in [0.2, 0.25) is 0 Å². The van der Waals surface area contributed by atoms with Gasteiger partial charge in [-0.3, -0.25) is 0 Å². The zero-order valence-corrected chi connectivity index (χ0v) is 23.6. The number of hydrogen-bond donors (Lipinski definition) is 0. The molecule has 3 heteroatoms. The highest BCUT2D eigenvalue weighted by atomic mass is 31.2. The van der Waals surface area contributed by atoms with Crippen molar-refractivity contribution in [3.63, 3.8) is 0 Å². The molecule has 0 radical (unpaired) electrons. The molecule has 0 unspecified atom stereocenters. The van der Waals surface area contributed by atoms with Gasteiger partial charge < -0.3 is 0 Å². The van der Waals surface area contributed by atoms with E-state index in [1.54, 1.807) is 0 Å². The summed E-state index contributed by atoms with van der Waals surface area (Å²) in [7, 11) is -0.161. The van der Waals surface area contributed by atoms with Gasteiger partial charge in [0.25, 0.3) is 0 Å². The van der Waals surface area contributed by atoms with Crippen molar-refractivity contribution in [1.29, 1.82) is 0 Å². The van der Waals surface area contributed by atoms with Crippen LogP contribution in [0.4, 0.5) is 0 Å². The van der Waals surface area contributed by atoms with Crippen LogP contribution < -0.4 is 31.6 Å². The molecule has 0 amide bonds. The summed E-state index contributed by atoms with van der Waals surface area (Å²) in [5.74, 6) is 0. The Balaban J connectivity index is 1.65. The Kier molecular flexibility index (Phi) is 7.86. The smallest absolute Gasteiger partial charge is 0.0209 e. The van der Waals surface area contributed by atoms with Crippen LogP contribution in [0.15, 0.2) is 164 Å². The van der Waals surface area contributed by atoms with Gasteiger partial charge in [-0.25, -0.2) is 0 Å². The van der Waals surface area contributed by atoms with Crippen molar-refractivity contribution in [2.45, 2.75) is 0 Å². The summed E-state index contributed by atoms with van der Waals surface area (Å²) in [6.45, 7) is 0. The van der Waals surface area contributed by atoms with Gasteiger partial charge in [0.15, 0.2) is 0 Å². The van der Waals surface area contributed by atoms with Gasteiger partial charge in [-0.15, -0.1) is 0 Å². The average Bonchev–Trinajstić information content (AvgIpc) is 3.01. The van der Waals surface area contributed by atoms with Crippen LogP contribution >= 0.6 is 24.0 Å². The van der Waals surface area contributed by atoms with Gasteiger partial charge in [0, 0.05) is 10.3 Å².